The van der Waals surface area contributed by atoms with Crippen molar-refractivity contribution >= 4 is 0 Å². The van der Waals surface area contributed by atoms with Gasteiger partial charge in [-0.25, -0.2) is 0 Å². The topological polar surface area (TPSA) is 50.9 Å². The minimum atomic E-state index is 0.428. The Balaban J connectivity index is 1.63. The van der Waals surface area contributed by atoms with E-state index in [1.807, 2.05) is 18.5 Å². The maximum atomic E-state index is 5.69. The first-order valence-electron chi connectivity index (χ1n) is 6.22. The van der Waals surface area contributed by atoms with Crippen molar-refractivity contribution in [2.45, 2.75) is 31.7 Å². The Kier molecular flexibility index (Phi) is 2.65. The van der Waals surface area contributed by atoms with Gasteiger partial charge in [0.15, 0.2) is 0 Å². The maximum absolute atomic E-state index is 5.69. The highest BCUT2D eigenvalue weighted by Gasteiger charge is 2.47. The van der Waals surface area contributed by atoms with Gasteiger partial charge in [0.05, 0.1) is 0 Å². The molecule has 0 saturated heterocycles. The molecule has 0 amide bonds. The van der Waals surface area contributed by atoms with Crippen LogP contribution < -0.4 is 11.3 Å². The van der Waals surface area contributed by atoms with Gasteiger partial charge in [-0.2, -0.15) is 0 Å². The second-order valence-corrected chi connectivity index (χ2v) is 5.33. The summed E-state index contributed by atoms with van der Waals surface area (Å²) in [5.41, 5.74) is 4.29. The van der Waals surface area contributed by atoms with E-state index in [0.717, 1.165) is 24.2 Å². The fraction of sp³-hybridized carbons (Fsp3) is 0.615. The number of aromatic nitrogens is 1. The van der Waals surface area contributed by atoms with E-state index in [0.29, 0.717) is 6.04 Å². The Bertz CT molecular complexity index is 341. The zero-order chi connectivity index (χ0) is 11.0. The number of hydrogen-bond acceptors (Lipinski definition) is 3. The van der Waals surface area contributed by atoms with Gasteiger partial charge in [0.2, 0.25) is 0 Å². The summed E-state index contributed by atoms with van der Waals surface area (Å²) in [7, 11) is 0. The van der Waals surface area contributed by atoms with E-state index >= 15 is 0 Å². The molecule has 86 valence electrons. The third-order valence-corrected chi connectivity index (χ3v) is 4.24. The molecule has 3 heteroatoms. The normalized spacial score (nSPS) is 33.4. The number of hydrogen-bond donors (Lipinski definition) is 2. The molecule has 16 heavy (non-hydrogen) atoms. The molecule has 0 bridgehead atoms. The monoisotopic (exact) mass is 217 g/mol. The average molecular weight is 217 g/mol. The fourth-order valence-corrected chi connectivity index (χ4v) is 3.22. The average Bonchev–Trinajstić information content (AvgIpc) is 2.94. The number of rotatable bonds is 4. The summed E-state index contributed by atoms with van der Waals surface area (Å²) in [6, 6.07) is 4.55. The number of nitrogens with two attached hydrogens (primary N) is 1. The van der Waals surface area contributed by atoms with Crippen molar-refractivity contribution in [2.24, 2.45) is 23.6 Å². The number of fused-ring (bicyclic) bond motifs is 1. The third kappa shape index (κ3) is 1.97. The molecule has 3 atom stereocenters. The zero-order valence-corrected chi connectivity index (χ0v) is 9.47. The fourth-order valence-electron chi connectivity index (χ4n) is 3.22. The molecule has 2 fully saturated rings. The van der Waals surface area contributed by atoms with Crippen molar-refractivity contribution < 1.29 is 0 Å². The lowest BCUT2D eigenvalue weighted by atomic mass is 9.90. The van der Waals surface area contributed by atoms with Gasteiger partial charge in [0.25, 0.3) is 0 Å². The summed E-state index contributed by atoms with van der Waals surface area (Å²) >= 11 is 0. The van der Waals surface area contributed by atoms with Gasteiger partial charge in [-0.15, -0.1) is 0 Å². The lowest BCUT2D eigenvalue weighted by molar-refractivity contribution is 0.336. The molecule has 3 rings (SSSR count). The lowest BCUT2D eigenvalue weighted by Crippen LogP contribution is -2.42. The molecule has 2 aliphatic carbocycles. The van der Waals surface area contributed by atoms with Gasteiger partial charge in [-0.1, -0.05) is 6.07 Å². The number of hydrazine groups is 1. The van der Waals surface area contributed by atoms with Crippen LogP contribution in [-0.4, -0.2) is 11.0 Å². The minimum Gasteiger partial charge on any atom is -0.271 e. The number of nitrogens with zero attached hydrogens (tertiary/aromatic N) is 1. The molecule has 0 aromatic carbocycles. The van der Waals surface area contributed by atoms with Gasteiger partial charge in [0.1, 0.15) is 0 Å². The molecule has 3 N–H and O–H groups in total. The standard InChI is InChI=1S/C13H19N3/c14-16-13(4-9-2-1-3-15-8-9)12-6-10-5-11(10)7-12/h1-3,8,10-13,16H,4-7,14H2. The molecule has 3 nitrogen and oxygen atoms in total. The molecule has 0 spiro atoms. The van der Waals surface area contributed by atoms with Crippen LogP contribution in [0.1, 0.15) is 24.8 Å². The highest BCUT2D eigenvalue weighted by molar-refractivity contribution is 5.11. The minimum absolute atomic E-state index is 0.428. The first-order chi connectivity index (χ1) is 7.86. The van der Waals surface area contributed by atoms with Crippen LogP contribution in [0.15, 0.2) is 24.5 Å². The molecule has 2 aliphatic rings. The van der Waals surface area contributed by atoms with E-state index in [1.165, 1.54) is 24.8 Å². The quantitative estimate of drug-likeness (QED) is 0.593. The van der Waals surface area contributed by atoms with E-state index in [4.69, 9.17) is 5.84 Å². The van der Waals surface area contributed by atoms with E-state index in [-0.39, 0.29) is 0 Å². The van der Waals surface area contributed by atoms with Gasteiger partial charge in [-0.3, -0.25) is 16.3 Å². The van der Waals surface area contributed by atoms with Gasteiger partial charge < -0.3 is 0 Å². The second kappa shape index (κ2) is 4.15. The maximum Gasteiger partial charge on any atom is 0.0300 e. The number of pyridine rings is 1. The van der Waals surface area contributed by atoms with Crippen LogP contribution in [0.5, 0.6) is 0 Å². The van der Waals surface area contributed by atoms with Crippen molar-refractivity contribution in [3.8, 4) is 0 Å². The van der Waals surface area contributed by atoms with E-state index in [1.54, 1.807) is 0 Å². The molecular weight excluding hydrogens is 198 g/mol. The van der Waals surface area contributed by atoms with E-state index < -0.39 is 0 Å². The summed E-state index contributed by atoms with van der Waals surface area (Å²) in [6.45, 7) is 0. The molecule has 3 unspecified atom stereocenters. The first-order valence-corrected chi connectivity index (χ1v) is 6.22. The Labute approximate surface area is 96.4 Å². The highest BCUT2D eigenvalue weighted by atomic mass is 15.2. The van der Waals surface area contributed by atoms with Crippen molar-refractivity contribution in [1.29, 1.82) is 0 Å². The van der Waals surface area contributed by atoms with Crippen LogP contribution in [0, 0.1) is 17.8 Å². The summed E-state index contributed by atoms with van der Waals surface area (Å²) < 4.78 is 0. The summed E-state index contributed by atoms with van der Waals surface area (Å²) in [5.74, 6) is 8.51. The largest absolute Gasteiger partial charge is 0.271 e. The Hall–Kier alpha value is -0.930. The van der Waals surface area contributed by atoms with Crippen LogP contribution in [0.25, 0.3) is 0 Å². The predicted octanol–water partition coefficient (Wildman–Crippen LogP) is 1.50. The first kappa shape index (κ1) is 10.2. The molecule has 0 aliphatic heterocycles. The summed E-state index contributed by atoms with van der Waals surface area (Å²) in [6.07, 6.45) is 8.99. The van der Waals surface area contributed by atoms with Crippen LogP contribution in [0.3, 0.4) is 0 Å². The molecule has 2 saturated carbocycles. The lowest BCUT2D eigenvalue weighted by Gasteiger charge is -2.23. The molecule has 1 aromatic rings. The van der Waals surface area contributed by atoms with Crippen LogP contribution in [-0.2, 0) is 6.42 Å². The molecule has 1 aromatic heterocycles. The van der Waals surface area contributed by atoms with Gasteiger partial charge >= 0.3 is 0 Å². The summed E-state index contributed by atoms with van der Waals surface area (Å²) in [5, 5.41) is 0. The van der Waals surface area contributed by atoms with Crippen molar-refractivity contribution in [3.05, 3.63) is 30.1 Å². The van der Waals surface area contributed by atoms with Crippen molar-refractivity contribution in [1.82, 2.24) is 10.4 Å². The highest BCUT2D eigenvalue weighted by Crippen LogP contribution is 2.55. The van der Waals surface area contributed by atoms with Gasteiger partial charge in [-0.05, 0) is 55.1 Å². The van der Waals surface area contributed by atoms with Crippen molar-refractivity contribution in [2.75, 3.05) is 0 Å². The second-order valence-electron chi connectivity index (χ2n) is 5.33. The SMILES string of the molecule is NNC(Cc1cccnc1)C1CC2CC2C1. The predicted molar refractivity (Wildman–Crippen MR) is 63.4 cm³/mol. The van der Waals surface area contributed by atoms with Gasteiger partial charge in [0, 0.05) is 18.4 Å². The van der Waals surface area contributed by atoms with E-state index in [9.17, 15) is 0 Å². The summed E-state index contributed by atoms with van der Waals surface area (Å²) in [4.78, 5) is 4.15. The van der Waals surface area contributed by atoms with Crippen LogP contribution in [0.4, 0.5) is 0 Å². The third-order valence-electron chi connectivity index (χ3n) is 4.24. The number of nitrogens with one attached hydrogen (secondary N) is 1. The Morgan fingerprint density at radius 2 is 2.19 bits per heavy atom. The zero-order valence-electron chi connectivity index (χ0n) is 9.47. The van der Waals surface area contributed by atoms with Crippen LogP contribution in [0.2, 0.25) is 0 Å². The van der Waals surface area contributed by atoms with Crippen LogP contribution >= 0.6 is 0 Å². The Morgan fingerprint density at radius 1 is 1.38 bits per heavy atom. The molecule has 1 heterocycles. The van der Waals surface area contributed by atoms with Crippen molar-refractivity contribution in [3.63, 3.8) is 0 Å². The smallest absolute Gasteiger partial charge is 0.0300 e. The molecular formula is C13H19N3. The molecule has 0 radical (unpaired) electrons. The Morgan fingerprint density at radius 3 is 2.81 bits per heavy atom. The van der Waals surface area contributed by atoms with E-state index in [2.05, 4.69) is 16.5 Å².